The molecule has 1 nitrogen and oxygen atoms in total. The molecule has 22 heavy (non-hydrogen) atoms. The van der Waals surface area contributed by atoms with E-state index in [2.05, 4.69) is 27.7 Å². The summed E-state index contributed by atoms with van der Waals surface area (Å²) in [5.74, 6) is 8.26. The summed E-state index contributed by atoms with van der Waals surface area (Å²) in [6, 6.07) is 0. The Kier molecular flexibility index (Phi) is 2.81. The molecule has 0 N–H and O–H groups in total. The molecule has 0 aliphatic heterocycles. The van der Waals surface area contributed by atoms with Crippen LogP contribution in [0.15, 0.2) is 0 Å². The lowest BCUT2D eigenvalue weighted by atomic mass is 9.33. The second-order valence-corrected chi connectivity index (χ2v) is 10.6. The Labute approximate surface area is 136 Å². The zero-order valence-corrected chi connectivity index (χ0v) is 15.0. The Bertz CT molecular complexity index is 458. The van der Waals surface area contributed by atoms with E-state index in [-0.39, 0.29) is 5.60 Å². The van der Waals surface area contributed by atoms with Crippen molar-refractivity contribution in [2.75, 3.05) is 6.61 Å². The van der Waals surface area contributed by atoms with Gasteiger partial charge in [0.05, 0.1) is 12.2 Å². The summed E-state index contributed by atoms with van der Waals surface area (Å²) >= 11 is 0. The van der Waals surface area contributed by atoms with Gasteiger partial charge in [-0.1, -0.05) is 20.8 Å². The van der Waals surface area contributed by atoms with Crippen molar-refractivity contribution in [3.8, 4) is 0 Å². The Morgan fingerprint density at radius 2 is 1.45 bits per heavy atom. The van der Waals surface area contributed by atoms with Gasteiger partial charge in [0.2, 0.25) is 0 Å². The minimum Gasteiger partial charge on any atom is -0.374 e. The van der Waals surface area contributed by atoms with Gasteiger partial charge < -0.3 is 4.74 Å². The highest BCUT2D eigenvalue weighted by molar-refractivity contribution is 5.19. The molecule has 7 fully saturated rings. The minimum absolute atomic E-state index is 0.210. The third-order valence-corrected chi connectivity index (χ3v) is 9.26. The maximum atomic E-state index is 6.85. The third kappa shape index (κ3) is 1.65. The number of hydrogen-bond acceptors (Lipinski definition) is 1. The Morgan fingerprint density at radius 1 is 0.909 bits per heavy atom. The van der Waals surface area contributed by atoms with Gasteiger partial charge in [0, 0.05) is 0 Å². The zero-order chi connectivity index (χ0) is 15.3. The van der Waals surface area contributed by atoms with Crippen LogP contribution in [-0.4, -0.2) is 12.2 Å². The van der Waals surface area contributed by atoms with Gasteiger partial charge in [-0.05, 0) is 98.2 Å². The first kappa shape index (κ1) is 14.3. The molecule has 5 unspecified atom stereocenters. The molecule has 1 heteroatoms. The molecule has 124 valence electrons. The SMILES string of the molecule is CCC(C)(C)COC1(C)C2CC3C4CC5CC3C1C(C5)C4C2. The summed E-state index contributed by atoms with van der Waals surface area (Å²) in [5.41, 5.74) is 0.553. The molecular formula is C21H34O. The van der Waals surface area contributed by atoms with Gasteiger partial charge in [-0.15, -0.1) is 0 Å². The van der Waals surface area contributed by atoms with Gasteiger partial charge >= 0.3 is 0 Å². The second-order valence-electron chi connectivity index (χ2n) is 10.6. The topological polar surface area (TPSA) is 9.23 Å². The molecule has 0 saturated heterocycles. The summed E-state index contributed by atoms with van der Waals surface area (Å²) in [7, 11) is 0. The third-order valence-electron chi connectivity index (χ3n) is 9.26. The van der Waals surface area contributed by atoms with Crippen LogP contribution in [0.5, 0.6) is 0 Å². The minimum atomic E-state index is 0.210. The Hall–Kier alpha value is -0.0400. The van der Waals surface area contributed by atoms with Crippen LogP contribution < -0.4 is 0 Å². The van der Waals surface area contributed by atoms with E-state index >= 15 is 0 Å². The van der Waals surface area contributed by atoms with Crippen LogP contribution in [0.25, 0.3) is 0 Å². The van der Waals surface area contributed by atoms with E-state index in [0.29, 0.717) is 5.41 Å². The predicted molar refractivity (Wildman–Crippen MR) is 89.4 cm³/mol. The van der Waals surface area contributed by atoms with Crippen molar-refractivity contribution >= 4 is 0 Å². The molecule has 0 aromatic heterocycles. The lowest BCUT2D eigenvalue weighted by Crippen LogP contribution is -2.71. The van der Waals surface area contributed by atoms with Gasteiger partial charge in [-0.2, -0.15) is 0 Å². The summed E-state index contributed by atoms with van der Waals surface area (Å²) in [4.78, 5) is 0. The molecule has 0 heterocycles. The van der Waals surface area contributed by atoms with Crippen LogP contribution in [0, 0.1) is 52.8 Å². The van der Waals surface area contributed by atoms with Crippen LogP contribution in [0.3, 0.4) is 0 Å². The number of hydrogen-bond donors (Lipinski definition) is 0. The largest absolute Gasteiger partial charge is 0.374 e. The van der Waals surface area contributed by atoms with E-state index < -0.39 is 0 Å². The quantitative estimate of drug-likeness (QED) is 0.698. The highest BCUT2D eigenvalue weighted by atomic mass is 16.5. The highest BCUT2D eigenvalue weighted by Crippen LogP contribution is 2.74. The first-order chi connectivity index (χ1) is 10.4. The normalized spacial score (nSPS) is 57.8. The van der Waals surface area contributed by atoms with Crippen LogP contribution in [0.4, 0.5) is 0 Å². The molecule has 0 amide bonds. The van der Waals surface area contributed by atoms with Crippen LogP contribution in [0.1, 0.15) is 66.2 Å². The summed E-state index contributed by atoms with van der Waals surface area (Å²) in [6.07, 6.45) is 8.94. The number of ether oxygens (including phenoxy) is 1. The molecule has 7 saturated carbocycles. The molecule has 8 bridgehead atoms. The van der Waals surface area contributed by atoms with Crippen LogP contribution >= 0.6 is 0 Å². The summed E-state index contributed by atoms with van der Waals surface area (Å²) in [6.45, 7) is 10.6. The second kappa shape index (κ2) is 4.32. The molecule has 0 spiro atoms. The van der Waals surface area contributed by atoms with Gasteiger partial charge in [-0.25, -0.2) is 0 Å². The Balaban J connectivity index is 1.46. The van der Waals surface area contributed by atoms with E-state index in [0.717, 1.165) is 54.0 Å². The van der Waals surface area contributed by atoms with Crippen molar-refractivity contribution in [2.24, 2.45) is 52.8 Å². The molecule has 0 aromatic rings. The Morgan fingerprint density at radius 3 is 2.05 bits per heavy atom. The fourth-order valence-corrected chi connectivity index (χ4v) is 7.95. The van der Waals surface area contributed by atoms with E-state index in [1.165, 1.54) is 19.3 Å². The van der Waals surface area contributed by atoms with Gasteiger partial charge in [0.25, 0.3) is 0 Å². The smallest absolute Gasteiger partial charge is 0.0716 e. The van der Waals surface area contributed by atoms with Crippen molar-refractivity contribution in [1.82, 2.24) is 0 Å². The molecule has 7 aliphatic rings. The zero-order valence-electron chi connectivity index (χ0n) is 15.0. The van der Waals surface area contributed by atoms with Crippen molar-refractivity contribution in [3.63, 3.8) is 0 Å². The maximum absolute atomic E-state index is 6.85. The van der Waals surface area contributed by atoms with Gasteiger partial charge in [0.15, 0.2) is 0 Å². The fraction of sp³-hybridized carbons (Fsp3) is 1.00. The predicted octanol–water partition coefficient (Wildman–Crippen LogP) is 5.15. The van der Waals surface area contributed by atoms with Gasteiger partial charge in [-0.3, -0.25) is 0 Å². The van der Waals surface area contributed by atoms with E-state index in [4.69, 9.17) is 4.74 Å². The van der Waals surface area contributed by atoms with Crippen LogP contribution in [-0.2, 0) is 4.74 Å². The van der Waals surface area contributed by atoms with Gasteiger partial charge in [0.1, 0.15) is 0 Å². The number of rotatable bonds is 4. The molecule has 5 atom stereocenters. The maximum Gasteiger partial charge on any atom is 0.0716 e. The first-order valence-corrected chi connectivity index (χ1v) is 10.1. The summed E-state index contributed by atoms with van der Waals surface area (Å²) in [5, 5.41) is 0. The molecule has 0 radical (unpaired) electrons. The van der Waals surface area contributed by atoms with Crippen LogP contribution in [0.2, 0.25) is 0 Å². The fourth-order valence-electron chi connectivity index (χ4n) is 7.95. The first-order valence-electron chi connectivity index (χ1n) is 10.1. The molecular weight excluding hydrogens is 268 g/mol. The van der Waals surface area contributed by atoms with Crippen molar-refractivity contribution < 1.29 is 4.74 Å². The lowest BCUT2D eigenvalue weighted by molar-refractivity contribution is -0.301. The van der Waals surface area contributed by atoms with Crippen molar-refractivity contribution in [3.05, 3.63) is 0 Å². The van der Waals surface area contributed by atoms with Crippen molar-refractivity contribution in [2.45, 2.75) is 71.8 Å². The average molecular weight is 303 g/mol. The van der Waals surface area contributed by atoms with E-state index in [1.807, 2.05) is 0 Å². The van der Waals surface area contributed by atoms with E-state index in [1.54, 1.807) is 19.3 Å². The molecule has 7 aliphatic carbocycles. The summed E-state index contributed by atoms with van der Waals surface area (Å²) < 4.78 is 6.85. The van der Waals surface area contributed by atoms with Crippen molar-refractivity contribution in [1.29, 1.82) is 0 Å². The average Bonchev–Trinajstić information content (AvgIpc) is 2.51. The van der Waals surface area contributed by atoms with E-state index in [9.17, 15) is 0 Å². The highest BCUT2D eigenvalue weighted by Gasteiger charge is 2.70. The standard InChI is InChI=1S/C21H34O/c1-5-20(2,3)11-22-21(4)13-9-15-14-6-12-7-17(15)19(21)18(8-12)16(14)10-13/h12-19H,5-11H2,1-4H3. The monoisotopic (exact) mass is 302 g/mol. The molecule has 7 rings (SSSR count). The molecule has 0 aromatic carbocycles. The lowest BCUT2D eigenvalue weighted by Gasteiger charge is -2.74.